The predicted molar refractivity (Wildman–Crippen MR) is 64.5 cm³/mol. The van der Waals surface area contributed by atoms with Crippen LogP contribution >= 0.6 is 0 Å². The molecule has 0 saturated carbocycles. The summed E-state index contributed by atoms with van der Waals surface area (Å²) in [4.78, 5) is 0. The fraction of sp³-hybridized carbons (Fsp3) is 0.417. The van der Waals surface area contributed by atoms with E-state index in [4.69, 9.17) is 0 Å². The number of hydrogen-bond acceptors (Lipinski definition) is 3. The van der Waals surface area contributed by atoms with E-state index in [1.165, 1.54) is 0 Å². The van der Waals surface area contributed by atoms with Gasteiger partial charge in [0.1, 0.15) is 5.75 Å². The summed E-state index contributed by atoms with van der Waals surface area (Å²) in [5, 5.41) is 18.2. The molecule has 4 nitrogen and oxygen atoms in total. The minimum absolute atomic E-state index is 0.261. The first-order valence-corrected chi connectivity index (χ1v) is 5.48. The highest BCUT2D eigenvalue weighted by Gasteiger charge is 2.12. The second-order valence-electron chi connectivity index (χ2n) is 4.22. The number of nitrogens with one attached hydrogen (secondary N) is 1. The first kappa shape index (κ1) is 11.0. The van der Waals surface area contributed by atoms with E-state index in [0.29, 0.717) is 6.04 Å². The molecule has 1 aromatic heterocycles. The van der Waals surface area contributed by atoms with Gasteiger partial charge in [-0.2, -0.15) is 5.10 Å². The maximum Gasteiger partial charge on any atom is 0.117 e. The van der Waals surface area contributed by atoms with Crippen molar-refractivity contribution in [2.24, 2.45) is 0 Å². The molecule has 0 aliphatic carbocycles. The van der Waals surface area contributed by atoms with E-state index in [1.54, 1.807) is 12.1 Å². The number of phenols is 1. The number of hydrogen-bond donors (Lipinski definition) is 2. The number of phenolic OH excluding ortho intramolecular Hbond substituents is 1. The van der Waals surface area contributed by atoms with Crippen molar-refractivity contribution in [1.29, 1.82) is 0 Å². The van der Waals surface area contributed by atoms with Crippen LogP contribution in [0.1, 0.15) is 25.6 Å². The Morgan fingerprint density at radius 3 is 2.81 bits per heavy atom. The van der Waals surface area contributed by atoms with Crippen LogP contribution in [0, 0.1) is 0 Å². The molecule has 0 atom stereocenters. The van der Waals surface area contributed by atoms with Crippen LogP contribution < -0.4 is 5.32 Å². The lowest BCUT2D eigenvalue weighted by molar-refractivity contribution is 0.475. The topological polar surface area (TPSA) is 50.1 Å². The van der Waals surface area contributed by atoms with E-state index in [0.717, 1.165) is 23.1 Å². The van der Waals surface area contributed by atoms with Crippen molar-refractivity contribution in [3.8, 4) is 5.75 Å². The largest absolute Gasteiger partial charge is 0.508 e. The molecule has 2 aromatic rings. The third-order valence-corrected chi connectivity index (χ3v) is 2.62. The Kier molecular flexibility index (Phi) is 2.83. The molecule has 2 N–H and O–H groups in total. The summed E-state index contributed by atoms with van der Waals surface area (Å²) < 4.78 is 2.00. The molecule has 0 aliphatic heterocycles. The molecule has 86 valence electrons. The summed E-state index contributed by atoms with van der Waals surface area (Å²) in [6.07, 6.45) is 0. The molecule has 0 aliphatic rings. The first-order valence-electron chi connectivity index (χ1n) is 5.48. The van der Waals surface area contributed by atoms with E-state index in [2.05, 4.69) is 24.3 Å². The molecular weight excluding hydrogens is 202 g/mol. The van der Waals surface area contributed by atoms with Gasteiger partial charge < -0.3 is 10.4 Å². The average molecular weight is 219 g/mol. The zero-order valence-electron chi connectivity index (χ0n) is 9.86. The Labute approximate surface area is 94.9 Å². The van der Waals surface area contributed by atoms with Crippen LogP contribution in [0.2, 0.25) is 0 Å². The Morgan fingerprint density at radius 2 is 2.19 bits per heavy atom. The van der Waals surface area contributed by atoms with Crippen molar-refractivity contribution in [1.82, 2.24) is 15.1 Å². The van der Waals surface area contributed by atoms with Gasteiger partial charge in [-0.15, -0.1) is 0 Å². The summed E-state index contributed by atoms with van der Waals surface area (Å²) in [5.41, 5.74) is 2.01. The van der Waals surface area contributed by atoms with Crippen LogP contribution in [-0.4, -0.2) is 21.9 Å². The number of aromatic hydroxyl groups is 1. The van der Waals surface area contributed by atoms with Gasteiger partial charge in [0.15, 0.2) is 0 Å². The molecule has 1 aromatic carbocycles. The van der Waals surface area contributed by atoms with Gasteiger partial charge in [-0.25, -0.2) is 0 Å². The quantitative estimate of drug-likeness (QED) is 0.830. The van der Waals surface area contributed by atoms with Crippen molar-refractivity contribution < 1.29 is 5.11 Å². The summed E-state index contributed by atoms with van der Waals surface area (Å²) in [6, 6.07) is 5.64. The van der Waals surface area contributed by atoms with Crippen LogP contribution in [0.25, 0.3) is 10.9 Å². The van der Waals surface area contributed by atoms with Crippen LogP contribution in [0.15, 0.2) is 18.2 Å². The third kappa shape index (κ3) is 1.76. The van der Waals surface area contributed by atoms with Gasteiger partial charge in [-0.05, 0) is 33.0 Å². The highest BCUT2D eigenvalue weighted by molar-refractivity contribution is 5.82. The molecule has 0 saturated heterocycles. The SMILES string of the molecule is CNCc1c2ccc(O)cc2nn1C(C)C. The number of rotatable bonds is 3. The van der Waals surface area contributed by atoms with Gasteiger partial charge >= 0.3 is 0 Å². The molecule has 0 amide bonds. The number of benzene rings is 1. The maximum atomic E-state index is 9.43. The molecule has 0 fully saturated rings. The maximum absolute atomic E-state index is 9.43. The Hall–Kier alpha value is -1.55. The zero-order valence-corrected chi connectivity index (χ0v) is 9.86. The molecule has 1 heterocycles. The smallest absolute Gasteiger partial charge is 0.117 e. The van der Waals surface area contributed by atoms with E-state index in [-0.39, 0.29) is 5.75 Å². The third-order valence-electron chi connectivity index (χ3n) is 2.62. The number of nitrogens with zero attached hydrogens (tertiary/aromatic N) is 2. The van der Waals surface area contributed by atoms with Gasteiger partial charge in [-0.3, -0.25) is 4.68 Å². The first-order chi connectivity index (χ1) is 7.63. The normalized spacial score (nSPS) is 11.5. The lowest BCUT2D eigenvalue weighted by atomic mass is 10.2. The minimum Gasteiger partial charge on any atom is -0.508 e. The second-order valence-corrected chi connectivity index (χ2v) is 4.22. The molecule has 0 bridgehead atoms. The minimum atomic E-state index is 0.261. The summed E-state index contributed by atoms with van der Waals surface area (Å²) in [6.45, 7) is 4.98. The summed E-state index contributed by atoms with van der Waals surface area (Å²) in [5.74, 6) is 0.261. The highest BCUT2D eigenvalue weighted by Crippen LogP contribution is 2.24. The van der Waals surface area contributed by atoms with Crippen molar-refractivity contribution >= 4 is 10.9 Å². The molecule has 2 rings (SSSR count). The molecular formula is C12H17N3O. The van der Waals surface area contributed by atoms with Gasteiger partial charge in [0.2, 0.25) is 0 Å². The molecule has 0 unspecified atom stereocenters. The van der Waals surface area contributed by atoms with Crippen LogP contribution in [-0.2, 0) is 6.54 Å². The van der Waals surface area contributed by atoms with Gasteiger partial charge in [0.25, 0.3) is 0 Å². The number of aromatic nitrogens is 2. The Morgan fingerprint density at radius 1 is 1.44 bits per heavy atom. The second kappa shape index (κ2) is 4.14. The fourth-order valence-electron chi connectivity index (χ4n) is 1.92. The highest BCUT2D eigenvalue weighted by atomic mass is 16.3. The Bertz CT molecular complexity index is 502. The standard InChI is InChI=1S/C12H17N3O/c1-8(2)15-12(7-13-3)10-5-4-9(16)6-11(10)14-15/h4-6,8,13,16H,7H2,1-3H3. The van der Waals surface area contributed by atoms with Crippen LogP contribution in [0.4, 0.5) is 0 Å². The molecule has 4 heteroatoms. The average Bonchev–Trinajstić information content (AvgIpc) is 2.57. The zero-order chi connectivity index (χ0) is 11.7. The lowest BCUT2D eigenvalue weighted by Crippen LogP contribution is -2.13. The van der Waals surface area contributed by atoms with Gasteiger partial charge in [0, 0.05) is 24.0 Å². The van der Waals surface area contributed by atoms with Crippen LogP contribution in [0.3, 0.4) is 0 Å². The molecule has 16 heavy (non-hydrogen) atoms. The van der Waals surface area contributed by atoms with Crippen molar-refractivity contribution in [3.63, 3.8) is 0 Å². The van der Waals surface area contributed by atoms with Crippen molar-refractivity contribution in [2.45, 2.75) is 26.4 Å². The summed E-state index contributed by atoms with van der Waals surface area (Å²) in [7, 11) is 1.92. The predicted octanol–water partition coefficient (Wildman–Crippen LogP) is 2.04. The van der Waals surface area contributed by atoms with Gasteiger partial charge in [0.05, 0.1) is 11.2 Å². The van der Waals surface area contributed by atoms with Crippen LogP contribution in [0.5, 0.6) is 5.75 Å². The van der Waals surface area contributed by atoms with E-state index >= 15 is 0 Å². The lowest BCUT2D eigenvalue weighted by Gasteiger charge is -2.10. The fourth-order valence-corrected chi connectivity index (χ4v) is 1.92. The monoisotopic (exact) mass is 219 g/mol. The Balaban J connectivity index is 2.65. The molecule has 0 radical (unpaired) electrons. The molecule has 0 spiro atoms. The van der Waals surface area contributed by atoms with E-state index in [1.807, 2.05) is 17.8 Å². The summed E-state index contributed by atoms with van der Waals surface area (Å²) >= 11 is 0. The van der Waals surface area contributed by atoms with Crippen molar-refractivity contribution in [3.05, 3.63) is 23.9 Å². The van der Waals surface area contributed by atoms with E-state index in [9.17, 15) is 5.11 Å². The van der Waals surface area contributed by atoms with Gasteiger partial charge in [-0.1, -0.05) is 0 Å². The number of fused-ring (bicyclic) bond motifs is 1. The van der Waals surface area contributed by atoms with Crippen molar-refractivity contribution in [2.75, 3.05) is 7.05 Å². The van der Waals surface area contributed by atoms with E-state index < -0.39 is 0 Å².